The molecule has 134 valence electrons. The van der Waals surface area contributed by atoms with Gasteiger partial charge in [0.05, 0.1) is 18.0 Å². The van der Waals surface area contributed by atoms with Crippen LogP contribution in [0.2, 0.25) is 0 Å². The van der Waals surface area contributed by atoms with Crippen molar-refractivity contribution in [1.82, 2.24) is 30.0 Å². The van der Waals surface area contributed by atoms with Gasteiger partial charge in [-0.05, 0) is 33.6 Å². The van der Waals surface area contributed by atoms with Gasteiger partial charge >= 0.3 is 6.09 Å². The van der Waals surface area contributed by atoms with Gasteiger partial charge in [0.2, 0.25) is 0 Å². The van der Waals surface area contributed by atoms with Gasteiger partial charge in [0.15, 0.2) is 11.3 Å². The minimum Gasteiger partial charge on any atom is -0.450 e. The fourth-order valence-corrected chi connectivity index (χ4v) is 2.96. The molecule has 2 amide bonds. The lowest BCUT2D eigenvalue weighted by atomic mass is 10.1. The largest absolute Gasteiger partial charge is 0.450 e. The number of nitrogens with one attached hydrogen (secondary N) is 1. The number of aromatic nitrogens is 4. The van der Waals surface area contributed by atoms with Crippen LogP contribution in [0, 0.1) is 13.8 Å². The van der Waals surface area contributed by atoms with E-state index in [1.165, 1.54) is 0 Å². The number of hydrogen-bond acceptors (Lipinski definition) is 6. The average Bonchev–Trinajstić information content (AvgIpc) is 2.97. The summed E-state index contributed by atoms with van der Waals surface area (Å²) in [6.07, 6.45) is 1.06. The van der Waals surface area contributed by atoms with E-state index in [0.717, 1.165) is 5.69 Å². The van der Waals surface area contributed by atoms with Crippen LogP contribution in [0.25, 0.3) is 5.65 Å². The van der Waals surface area contributed by atoms with Crippen molar-refractivity contribution < 1.29 is 14.3 Å². The molecule has 3 heterocycles. The molecule has 2 aromatic rings. The molecular weight excluding hydrogens is 324 g/mol. The molecule has 0 saturated carbocycles. The van der Waals surface area contributed by atoms with Crippen molar-refractivity contribution in [2.45, 2.75) is 39.7 Å². The Morgan fingerprint density at radius 1 is 1.28 bits per heavy atom. The molecule has 1 aliphatic heterocycles. The normalized spacial score (nSPS) is 15.4. The Labute approximate surface area is 145 Å². The summed E-state index contributed by atoms with van der Waals surface area (Å²) in [5.41, 5.74) is 2.36. The van der Waals surface area contributed by atoms with E-state index in [1.807, 2.05) is 13.0 Å². The van der Waals surface area contributed by atoms with Gasteiger partial charge in [-0.25, -0.2) is 9.31 Å². The Hall–Kier alpha value is -2.71. The highest BCUT2D eigenvalue weighted by Crippen LogP contribution is 2.13. The van der Waals surface area contributed by atoms with Crippen LogP contribution in [-0.2, 0) is 4.74 Å². The van der Waals surface area contributed by atoms with Crippen LogP contribution in [0.3, 0.4) is 0 Å². The maximum absolute atomic E-state index is 12.5. The first kappa shape index (κ1) is 17.1. The fraction of sp³-hybridized carbons (Fsp3) is 0.562. The smallest absolute Gasteiger partial charge is 0.409 e. The van der Waals surface area contributed by atoms with Crippen LogP contribution in [0.15, 0.2) is 6.07 Å². The number of carbonyl (C=O) groups excluding carboxylic acids is 2. The molecular formula is C16H22N6O3. The zero-order valence-corrected chi connectivity index (χ0v) is 14.7. The van der Waals surface area contributed by atoms with E-state index >= 15 is 0 Å². The van der Waals surface area contributed by atoms with Crippen molar-refractivity contribution in [1.29, 1.82) is 0 Å². The van der Waals surface area contributed by atoms with Crippen LogP contribution in [0.1, 0.15) is 41.6 Å². The Balaban J connectivity index is 1.64. The number of nitrogens with zero attached hydrogens (tertiary/aromatic N) is 5. The third kappa shape index (κ3) is 3.54. The molecule has 1 aliphatic rings. The topological polar surface area (TPSA) is 102 Å². The van der Waals surface area contributed by atoms with Gasteiger partial charge in [-0.15, -0.1) is 10.2 Å². The third-order valence-electron chi connectivity index (χ3n) is 4.30. The zero-order chi connectivity index (χ0) is 18.0. The molecule has 0 radical (unpaired) electrons. The molecule has 0 unspecified atom stereocenters. The highest BCUT2D eigenvalue weighted by molar-refractivity contribution is 5.93. The number of ether oxygens (including phenoxy) is 1. The van der Waals surface area contributed by atoms with Crippen LogP contribution in [0.4, 0.5) is 4.79 Å². The average molecular weight is 346 g/mol. The SMILES string of the molecule is CCOC(=O)N1CCC(NC(=O)c2nnc3cc(C)nn3c2C)CC1. The number of aryl methyl sites for hydroxylation is 2. The van der Waals surface area contributed by atoms with E-state index in [1.54, 1.807) is 23.3 Å². The lowest BCUT2D eigenvalue weighted by Gasteiger charge is -2.31. The minimum atomic E-state index is -0.298. The molecule has 0 aliphatic carbocycles. The molecule has 9 heteroatoms. The Kier molecular flexibility index (Phi) is 4.82. The summed E-state index contributed by atoms with van der Waals surface area (Å²) >= 11 is 0. The summed E-state index contributed by atoms with van der Waals surface area (Å²) < 4.78 is 6.62. The molecule has 0 bridgehead atoms. The number of amides is 2. The van der Waals surface area contributed by atoms with Crippen molar-refractivity contribution >= 4 is 17.6 Å². The number of hydrogen-bond donors (Lipinski definition) is 1. The summed E-state index contributed by atoms with van der Waals surface area (Å²) in [6, 6.07) is 1.81. The van der Waals surface area contributed by atoms with Crippen molar-refractivity contribution in [3.05, 3.63) is 23.1 Å². The third-order valence-corrected chi connectivity index (χ3v) is 4.30. The number of piperidine rings is 1. The fourth-order valence-electron chi connectivity index (χ4n) is 2.96. The first-order valence-corrected chi connectivity index (χ1v) is 8.41. The highest BCUT2D eigenvalue weighted by Gasteiger charge is 2.26. The second-order valence-electron chi connectivity index (χ2n) is 6.12. The van der Waals surface area contributed by atoms with Crippen molar-refractivity contribution in [3.63, 3.8) is 0 Å². The van der Waals surface area contributed by atoms with Gasteiger partial charge in [0.25, 0.3) is 5.91 Å². The van der Waals surface area contributed by atoms with E-state index in [-0.39, 0.29) is 23.7 Å². The van der Waals surface area contributed by atoms with Crippen LogP contribution in [-0.4, -0.2) is 62.5 Å². The zero-order valence-electron chi connectivity index (χ0n) is 14.7. The maximum atomic E-state index is 12.5. The van der Waals surface area contributed by atoms with Crippen molar-refractivity contribution in [3.8, 4) is 0 Å². The van der Waals surface area contributed by atoms with Crippen LogP contribution >= 0.6 is 0 Å². The minimum absolute atomic E-state index is 0.00516. The van der Waals surface area contributed by atoms with Crippen LogP contribution in [0.5, 0.6) is 0 Å². The summed E-state index contributed by atoms with van der Waals surface area (Å²) in [7, 11) is 0. The lowest BCUT2D eigenvalue weighted by Crippen LogP contribution is -2.47. The molecule has 1 N–H and O–H groups in total. The predicted molar refractivity (Wildman–Crippen MR) is 89.3 cm³/mol. The number of rotatable bonds is 3. The van der Waals surface area contributed by atoms with E-state index in [2.05, 4.69) is 20.6 Å². The molecule has 2 aromatic heterocycles. The van der Waals surface area contributed by atoms with E-state index < -0.39 is 0 Å². The lowest BCUT2D eigenvalue weighted by molar-refractivity contribution is 0.0855. The molecule has 9 nitrogen and oxygen atoms in total. The standard InChI is InChI=1S/C16H22N6O3/c1-4-25-16(24)21-7-5-12(6-8-21)17-15(23)14-11(3)22-13(18-19-14)9-10(2)20-22/h9,12H,4-8H2,1-3H3,(H,17,23). The molecule has 1 fully saturated rings. The summed E-state index contributed by atoms with van der Waals surface area (Å²) in [6.45, 7) is 6.93. The predicted octanol–water partition coefficient (Wildman–Crippen LogP) is 1.09. The first-order chi connectivity index (χ1) is 12.0. The molecule has 0 atom stereocenters. The van der Waals surface area contributed by atoms with Gasteiger partial charge in [-0.2, -0.15) is 5.10 Å². The van der Waals surface area contributed by atoms with Gasteiger partial charge in [-0.1, -0.05) is 0 Å². The molecule has 0 spiro atoms. The van der Waals surface area contributed by atoms with E-state index in [9.17, 15) is 9.59 Å². The summed E-state index contributed by atoms with van der Waals surface area (Å²) in [5.74, 6) is -0.269. The monoisotopic (exact) mass is 346 g/mol. The number of fused-ring (bicyclic) bond motifs is 1. The molecule has 0 aromatic carbocycles. The Morgan fingerprint density at radius 3 is 2.68 bits per heavy atom. The molecule has 3 rings (SSSR count). The van der Waals surface area contributed by atoms with Crippen LogP contribution < -0.4 is 5.32 Å². The quantitative estimate of drug-likeness (QED) is 0.893. The van der Waals surface area contributed by atoms with Gasteiger partial charge < -0.3 is 15.0 Å². The second-order valence-corrected chi connectivity index (χ2v) is 6.12. The first-order valence-electron chi connectivity index (χ1n) is 8.41. The number of likely N-dealkylation sites (tertiary alicyclic amines) is 1. The van der Waals surface area contributed by atoms with Gasteiger partial charge in [0.1, 0.15) is 0 Å². The van der Waals surface area contributed by atoms with Gasteiger partial charge in [-0.3, -0.25) is 4.79 Å². The van der Waals surface area contributed by atoms with Crippen molar-refractivity contribution in [2.24, 2.45) is 0 Å². The van der Waals surface area contributed by atoms with Crippen molar-refractivity contribution in [2.75, 3.05) is 19.7 Å². The Morgan fingerprint density at radius 2 is 2.00 bits per heavy atom. The number of carbonyl (C=O) groups is 2. The maximum Gasteiger partial charge on any atom is 0.409 e. The second kappa shape index (κ2) is 7.04. The summed E-state index contributed by atoms with van der Waals surface area (Å²) in [4.78, 5) is 25.9. The molecule has 25 heavy (non-hydrogen) atoms. The van der Waals surface area contributed by atoms with E-state index in [0.29, 0.717) is 43.9 Å². The highest BCUT2D eigenvalue weighted by atomic mass is 16.6. The van der Waals surface area contributed by atoms with Gasteiger partial charge in [0, 0.05) is 25.2 Å². The summed E-state index contributed by atoms with van der Waals surface area (Å²) in [5, 5.41) is 15.4. The Bertz CT molecular complexity index is 795. The molecule has 1 saturated heterocycles. The van der Waals surface area contributed by atoms with E-state index in [4.69, 9.17) is 4.74 Å².